The van der Waals surface area contributed by atoms with Gasteiger partial charge in [-0.3, -0.25) is 9.78 Å². The standard InChI is InChI=1S/C15H14BrN3O2/c1-11-8-13(2-3-14(11)16)21-10-15(20)19-18-9-12-4-6-17-7-5-12/h2-9H,10H2,1H3,(H,19,20). The number of amides is 1. The lowest BCUT2D eigenvalue weighted by Gasteiger charge is -2.06. The molecule has 0 unspecified atom stereocenters. The van der Waals surface area contributed by atoms with Crippen molar-refractivity contribution in [1.82, 2.24) is 10.4 Å². The average molecular weight is 348 g/mol. The predicted molar refractivity (Wildman–Crippen MR) is 84.3 cm³/mol. The van der Waals surface area contributed by atoms with E-state index in [1.165, 1.54) is 0 Å². The van der Waals surface area contributed by atoms with E-state index in [9.17, 15) is 4.79 Å². The van der Waals surface area contributed by atoms with Crippen molar-refractivity contribution in [2.45, 2.75) is 6.92 Å². The number of pyridine rings is 1. The Labute approximate surface area is 131 Å². The van der Waals surface area contributed by atoms with Gasteiger partial charge in [0.25, 0.3) is 5.91 Å². The fourth-order valence-corrected chi connectivity index (χ4v) is 1.76. The number of hydrazone groups is 1. The van der Waals surface area contributed by atoms with Gasteiger partial charge in [-0.05, 0) is 48.4 Å². The van der Waals surface area contributed by atoms with Crippen LogP contribution in [0.15, 0.2) is 52.3 Å². The number of hydrogen-bond acceptors (Lipinski definition) is 4. The number of nitrogens with zero attached hydrogens (tertiary/aromatic N) is 2. The van der Waals surface area contributed by atoms with Crippen LogP contribution >= 0.6 is 15.9 Å². The van der Waals surface area contributed by atoms with Crippen molar-refractivity contribution in [2.75, 3.05) is 6.61 Å². The molecule has 0 fully saturated rings. The third-order valence-corrected chi connectivity index (χ3v) is 3.50. The molecule has 0 saturated heterocycles. The van der Waals surface area contributed by atoms with Crippen LogP contribution in [0.25, 0.3) is 0 Å². The number of ether oxygens (including phenoxy) is 1. The van der Waals surface area contributed by atoms with E-state index in [-0.39, 0.29) is 12.5 Å². The zero-order valence-electron chi connectivity index (χ0n) is 11.4. The van der Waals surface area contributed by atoms with E-state index in [0.717, 1.165) is 15.6 Å². The van der Waals surface area contributed by atoms with Crippen LogP contribution in [0.2, 0.25) is 0 Å². The molecule has 1 aromatic heterocycles. The van der Waals surface area contributed by atoms with E-state index < -0.39 is 0 Å². The van der Waals surface area contributed by atoms with Crippen molar-refractivity contribution in [3.05, 3.63) is 58.3 Å². The predicted octanol–water partition coefficient (Wildman–Crippen LogP) is 2.68. The maximum absolute atomic E-state index is 11.6. The molecule has 0 saturated carbocycles. The van der Waals surface area contributed by atoms with E-state index in [2.05, 4.69) is 31.4 Å². The molecule has 0 spiro atoms. The fourth-order valence-electron chi connectivity index (χ4n) is 1.52. The first-order valence-corrected chi connectivity index (χ1v) is 7.05. The van der Waals surface area contributed by atoms with Crippen molar-refractivity contribution in [3.8, 4) is 5.75 Å². The third kappa shape index (κ3) is 5.00. The number of aryl methyl sites for hydroxylation is 1. The number of hydrogen-bond donors (Lipinski definition) is 1. The molecule has 108 valence electrons. The summed E-state index contributed by atoms with van der Waals surface area (Å²) in [7, 11) is 0. The van der Waals surface area contributed by atoms with Gasteiger partial charge >= 0.3 is 0 Å². The Morgan fingerprint density at radius 1 is 1.38 bits per heavy atom. The van der Waals surface area contributed by atoms with Gasteiger partial charge in [-0.2, -0.15) is 5.10 Å². The van der Waals surface area contributed by atoms with Crippen LogP contribution in [0.1, 0.15) is 11.1 Å². The van der Waals surface area contributed by atoms with Gasteiger partial charge in [0.15, 0.2) is 6.61 Å². The highest BCUT2D eigenvalue weighted by atomic mass is 79.9. The van der Waals surface area contributed by atoms with Gasteiger partial charge in [-0.1, -0.05) is 15.9 Å². The topological polar surface area (TPSA) is 63.6 Å². The molecule has 0 atom stereocenters. The minimum absolute atomic E-state index is 0.0885. The van der Waals surface area contributed by atoms with Gasteiger partial charge in [0.2, 0.25) is 0 Å². The Balaban J connectivity index is 1.79. The summed E-state index contributed by atoms with van der Waals surface area (Å²) in [6.07, 6.45) is 4.85. The summed E-state index contributed by atoms with van der Waals surface area (Å²) < 4.78 is 6.39. The van der Waals surface area contributed by atoms with Crippen LogP contribution in [0, 0.1) is 6.92 Å². The Kier molecular flexibility index (Phi) is 5.45. The quantitative estimate of drug-likeness (QED) is 0.668. The van der Waals surface area contributed by atoms with Gasteiger partial charge in [-0.25, -0.2) is 5.43 Å². The average Bonchev–Trinajstić information content (AvgIpc) is 2.49. The van der Waals surface area contributed by atoms with Crippen LogP contribution in [0.3, 0.4) is 0 Å². The van der Waals surface area contributed by atoms with Crippen LogP contribution in [0.4, 0.5) is 0 Å². The van der Waals surface area contributed by atoms with Gasteiger partial charge in [0.05, 0.1) is 6.21 Å². The summed E-state index contributed by atoms with van der Waals surface area (Å²) in [5.74, 6) is 0.324. The highest BCUT2D eigenvalue weighted by molar-refractivity contribution is 9.10. The maximum atomic E-state index is 11.6. The molecular weight excluding hydrogens is 334 g/mol. The summed E-state index contributed by atoms with van der Waals surface area (Å²) in [5, 5.41) is 3.85. The normalized spacial score (nSPS) is 10.6. The molecule has 0 bridgehead atoms. The number of benzene rings is 1. The van der Waals surface area contributed by atoms with Gasteiger partial charge in [-0.15, -0.1) is 0 Å². The summed E-state index contributed by atoms with van der Waals surface area (Å²) in [4.78, 5) is 15.5. The Bertz CT molecular complexity index is 645. The molecule has 0 aliphatic carbocycles. The Hall–Kier alpha value is -2.21. The second kappa shape index (κ2) is 7.54. The molecule has 1 amide bonds. The van der Waals surface area contributed by atoms with Crippen molar-refractivity contribution in [1.29, 1.82) is 0 Å². The number of nitrogens with one attached hydrogen (secondary N) is 1. The highest BCUT2D eigenvalue weighted by Gasteiger charge is 2.02. The molecular formula is C15H14BrN3O2. The van der Waals surface area contributed by atoms with Crippen molar-refractivity contribution < 1.29 is 9.53 Å². The molecule has 0 radical (unpaired) electrons. The molecule has 1 heterocycles. The second-order valence-electron chi connectivity index (χ2n) is 4.27. The third-order valence-electron chi connectivity index (χ3n) is 2.61. The van der Waals surface area contributed by atoms with E-state index >= 15 is 0 Å². The Morgan fingerprint density at radius 2 is 2.14 bits per heavy atom. The van der Waals surface area contributed by atoms with Crippen LogP contribution in [-0.4, -0.2) is 23.7 Å². The zero-order valence-corrected chi connectivity index (χ0v) is 13.0. The maximum Gasteiger partial charge on any atom is 0.277 e. The summed E-state index contributed by atoms with van der Waals surface area (Å²) in [6.45, 7) is 1.87. The highest BCUT2D eigenvalue weighted by Crippen LogP contribution is 2.21. The largest absolute Gasteiger partial charge is 0.484 e. The first-order valence-electron chi connectivity index (χ1n) is 6.26. The zero-order chi connectivity index (χ0) is 15.1. The van der Waals surface area contributed by atoms with Crippen molar-refractivity contribution in [2.24, 2.45) is 5.10 Å². The lowest BCUT2D eigenvalue weighted by molar-refractivity contribution is -0.123. The molecule has 0 aliphatic heterocycles. The SMILES string of the molecule is Cc1cc(OCC(=O)NN=Cc2ccncc2)ccc1Br. The number of halogens is 1. The smallest absolute Gasteiger partial charge is 0.277 e. The Morgan fingerprint density at radius 3 is 2.86 bits per heavy atom. The van der Waals surface area contributed by atoms with Gasteiger partial charge in [0, 0.05) is 16.9 Å². The monoisotopic (exact) mass is 347 g/mol. The lowest BCUT2D eigenvalue weighted by Crippen LogP contribution is -2.24. The van der Waals surface area contributed by atoms with Gasteiger partial charge in [0.1, 0.15) is 5.75 Å². The van der Waals surface area contributed by atoms with E-state index in [1.54, 1.807) is 36.8 Å². The van der Waals surface area contributed by atoms with Crippen molar-refractivity contribution in [3.63, 3.8) is 0 Å². The van der Waals surface area contributed by atoms with Crippen LogP contribution in [0.5, 0.6) is 5.75 Å². The number of aromatic nitrogens is 1. The van der Waals surface area contributed by atoms with Crippen LogP contribution < -0.4 is 10.2 Å². The molecule has 2 rings (SSSR count). The molecule has 2 aromatic rings. The second-order valence-corrected chi connectivity index (χ2v) is 5.13. The molecule has 21 heavy (non-hydrogen) atoms. The molecule has 0 aliphatic rings. The van der Waals surface area contributed by atoms with E-state index in [0.29, 0.717) is 5.75 Å². The first-order chi connectivity index (χ1) is 10.1. The first kappa shape index (κ1) is 15.2. The fraction of sp³-hybridized carbons (Fsp3) is 0.133. The van der Waals surface area contributed by atoms with E-state index in [4.69, 9.17) is 4.74 Å². The minimum Gasteiger partial charge on any atom is -0.484 e. The summed E-state index contributed by atoms with van der Waals surface area (Å²) >= 11 is 3.41. The lowest BCUT2D eigenvalue weighted by atomic mass is 10.2. The molecule has 5 nitrogen and oxygen atoms in total. The number of rotatable bonds is 5. The van der Waals surface area contributed by atoms with Crippen molar-refractivity contribution >= 4 is 28.1 Å². The summed E-state index contributed by atoms with van der Waals surface area (Å²) in [5.41, 5.74) is 4.30. The van der Waals surface area contributed by atoms with Crippen LogP contribution in [-0.2, 0) is 4.79 Å². The number of carbonyl (C=O) groups is 1. The number of carbonyl (C=O) groups excluding carboxylic acids is 1. The summed E-state index contributed by atoms with van der Waals surface area (Å²) in [6, 6.07) is 9.11. The molecule has 6 heteroatoms. The van der Waals surface area contributed by atoms with Gasteiger partial charge < -0.3 is 4.74 Å². The molecule has 1 aromatic carbocycles. The van der Waals surface area contributed by atoms with E-state index in [1.807, 2.05) is 19.1 Å². The minimum atomic E-state index is -0.319. The molecule has 1 N–H and O–H groups in total.